The molecule has 0 bridgehead atoms. The lowest BCUT2D eigenvalue weighted by molar-refractivity contribution is -0.119. The van der Waals surface area contributed by atoms with Gasteiger partial charge in [-0.2, -0.15) is 0 Å². The fourth-order valence-corrected chi connectivity index (χ4v) is 6.15. The molecular formula is C17H17ClN2O6S2. The van der Waals surface area contributed by atoms with E-state index in [4.69, 9.17) is 16.3 Å². The lowest BCUT2D eigenvalue weighted by atomic mass is 10.2. The predicted molar refractivity (Wildman–Crippen MR) is 106 cm³/mol. The second-order valence-electron chi connectivity index (χ2n) is 6.20. The van der Waals surface area contributed by atoms with Crippen molar-refractivity contribution in [2.45, 2.75) is 11.8 Å². The fraction of sp³-hybridized carbons (Fsp3) is 0.235. The minimum absolute atomic E-state index is 0.0135. The fourth-order valence-electron chi connectivity index (χ4n) is 2.83. The van der Waals surface area contributed by atoms with E-state index in [1.54, 1.807) is 12.1 Å². The van der Waals surface area contributed by atoms with Crippen LogP contribution in [0.15, 0.2) is 47.4 Å². The number of anilines is 2. The number of carbonyl (C=O) groups excluding carboxylic acids is 1. The normalized spacial score (nSPS) is 18.9. The summed E-state index contributed by atoms with van der Waals surface area (Å²) >= 11 is 6.01. The number of nitrogens with one attached hydrogen (secondary N) is 1. The molecule has 0 radical (unpaired) electrons. The van der Waals surface area contributed by atoms with E-state index in [-0.39, 0.29) is 32.8 Å². The molecule has 2 aromatic rings. The third-order valence-corrected chi connectivity index (χ3v) is 7.73. The Morgan fingerprint density at radius 3 is 2.46 bits per heavy atom. The highest BCUT2D eigenvalue weighted by atomic mass is 35.5. The Balaban J connectivity index is 2.10. The number of rotatable bonds is 5. The summed E-state index contributed by atoms with van der Waals surface area (Å²) < 4.78 is 58.5. The SMILES string of the molecule is COc1ccc(N2C(=O)[C@@H](C)CS2(=O)=O)cc1S(=O)(=O)Nc1ccccc1Cl. The van der Waals surface area contributed by atoms with Crippen molar-refractivity contribution < 1.29 is 26.4 Å². The summed E-state index contributed by atoms with van der Waals surface area (Å²) in [7, 11) is -6.79. The van der Waals surface area contributed by atoms with Crippen LogP contribution in [0.5, 0.6) is 5.75 Å². The second-order valence-corrected chi connectivity index (χ2v) is 10.1. The van der Waals surface area contributed by atoms with Crippen LogP contribution in [0.1, 0.15) is 6.92 Å². The number of hydrogen-bond donors (Lipinski definition) is 1. The highest BCUT2D eigenvalue weighted by Crippen LogP contribution is 2.35. The van der Waals surface area contributed by atoms with Gasteiger partial charge in [-0.15, -0.1) is 0 Å². The van der Waals surface area contributed by atoms with Crippen LogP contribution in [0.4, 0.5) is 11.4 Å². The zero-order valence-corrected chi connectivity index (χ0v) is 17.3. The Labute approximate surface area is 168 Å². The van der Waals surface area contributed by atoms with Crippen molar-refractivity contribution in [1.29, 1.82) is 0 Å². The molecule has 0 unspecified atom stereocenters. The topological polar surface area (TPSA) is 110 Å². The van der Waals surface area contributed by atoms with Crippen LogP contribution in [0.2, 0.25) is 5.02 Å². The maximum Gasteiger partial charge on any atom is 0.265 e. The van der Waals surface area contributed by atoms with Crippen LogP contribution < -0.4 is 13.8 Å². The quantitative estimate of drug-likeness (QED) is 0.758. The highest BCUT2D eigenvalue weighted by Gasteiger charge is 2.42. The van der Waals surface area contributed by atoms with E-state index < -0.39 is 31.9 Å². The molecule has 1 heterocycles. The molecule has 150 valence electrons. The van der Waals surface area contributed by atoms with E-state index in [0.29, 0.717) is 4.31 Å². The standard InChI is InChI=1S/C17H17ClN2O6S2/c1-11-10-27(22,23)20(17(11)21)12-7-8-15(26-2)16(9-12)28(24,25)19-14-6-4-3-5-13(14)18/h3-9,11,19H,10H2,1-2H3/t11-/m0/s1. The van der Waals surface area contributed by atoms with Gasteiger partial charge in [-0.05, 0) is 30.3 Å². The summed E-state index contributed by atoms with van der Waals surface area (Å²) in [5.74, 6) is -1.68. The number of para-hydroxylation sites is 1. The Morgan fingerprint density at radius 1 is 1.21 bits per heavy atom. The van der Waals surface area contributed by atoms with Crippen molar-refractivity contribution in [2.75, 3.05) is 21.9 Å². The molecule has 1 saturated heterocycles. The van der Waals surface area contributed by atoms with Gasteiger partial charge in [-0.3, -0.25) is 9.52 Å². The van der Waals surface area contributed by atoms with Crippen molar-refractivity contribution in [3.05, 3.63) is 47.5 Å². The van der Waals surface area contributed by atoms with Gasteiger partial charge in [0.15, 0.2) is 0 Å². The van der Waals surface area contributed by atoms with Gasteiger partial charge in [0.05, 0.1) is 35.2 Å². The smallest absolute Gasteiger partial charge is 0.265 e. The molecule has 1 fully saturated rings. The first-order valence-corrected chi connectivity index (χ1v) is 11.6. The molecule has 0 spiro atoms. The predicted octanol–water partition coefficient (Wildman–Crippen LogP) is 2.46. The van der Waals surface area contributed by atoms with Gasteiger partial charge in [-0.25, -0.2) is 21.1 Å². The van der Waals surface area contributed by atoms with Crippen LogP contribution in [0.3, 0.4) is 0 Å². The van der Waals surface area contributed by atoms with Gasteiger partial charge in [-0.1, -0.05) is 30.7 Å². The van der Waals surface area contributed by atoms with Crippen molar-refractivity contribution >= 4 is 48.9 Å². The summed E-state index contributed by atoms with van der Waals surface area (Å²) in [6, 6.07) is 9.95. The van der Waals surface area contributed by atoms with Crippen LogP contribution >= 0.6 is 11.6 Å². The Kier molecular flexibility index (Phi) is 5.30. The number of benzene rings is 2. The van der Waals surface area contributed by atoms with E-state index in [2.05, 4.69) is 4.72 Å². The molecule has 0 saturated carbocycles. The summed E-state index contributed by atoms with van der Waals surface area (Å²) in [5.41, 5.74) is 0.0739. The minimum Gasteiger partial charge on any atom is -0.495 e. The van der Waals surface area contributed by atoms with Gasteiger partial charge in [0.25, 0.3) is 10.0 Å². The molecule has 1 aliphatic heterocycles. The highest BCUT2D eigenvalue weighted by molar-refractivity contribution is 7.94. The lowest BCUT2D eigenvalue weighted by Crippen LogP contribution is -2.30. The average Bonchev–Trinajstić information content (AvgIpc) is 2.83. The first-order valence-electron chi connectivity index (χ1n) is 8.09. The van der Waals surface area contributed by atoms with Crippen molar-refractivity contribution in [1.82, 2.24) is 0 Å². The number of nitrogens with zero attached hydrogens (tertiary/aromatic N) is 1. The third-order valence-electron chi connectivity index (χ3n) is 4.15. The molecular weight excluding hydrogens is 428 g/mol. The molecule has 1 amide bonds. The van der Waals surface area contributed by atoms with Crippen LogP contribution in [-0.2, 0) is 24.8 Å². The van der Waals surface area contributed by atoms with E-state index in [9.17, 15) is 21.6 Å². The van der Waals surface area contributed by atoms with Crippen LogP contribution in [-0.4, -0.2) is 35.6 Å². The number of amides is 1. The maximum atomic E-state index is 12.9. The number of methoxy groups -OCH3 is 1. The largest absolute Gasteiger partial charge is 0.495 e. The van der Waals surface area contributed by atoms with Crippen molar-refractivity contribution in [3.8, 4) is 5.75 Å². The van der Waals surface area contributed by atoms with Crippen molar-refractivity contribution in [3.63, 3.8) is 0 Å². The monoisotopic (exact) mass is 444 g/mol. The molecule has 0 aromatic heterocycles. The Morgan fingerprint density at radius 2 is 1.89 bits per heavy atom. The number of halogens is 1. The Hall–Kier alpha value is -2.30. The zero-order valence-electron chi connectivity index (χ0n) is 14.9. The number of sulfonamides is 2. The summed E-state index contributed by atoms with van der Waals surface area (Å²) in [5, 5.41) is 0.187. The molecule has 0 aliphatic carbocycles. The summed E-state index contributed by atoms with van der Waals surface area (Å²) in [6.45, 7) is 1.50. The number of carbonyl (C=O) groups is 1. The molecule has 2 aromatic carbocycles. The molecule has 1 aliphatic rings. The first-order chi connectivity index (χ1) is 13.1. The van der Waals surface area contributed by atoms with Gasteiger partial charge >= 0.3 is 0 Å². The van der Waals surface area contributed by atoms with E-state index in [1.807, 2.05) is 0 Å². The number of hydrogen-bond acceptors (Lipinski definition) is 6. The zero-order chi connectivity index (χ0) is 20.7. The first kappa shape index (κ1) is 20.4. The van der Waals surface area contributed by atoms with E-state index in [1.165, 1.54) is 38.3 Å². The Bertz CT molecular complexity index is 1150. The molecule has 3 rings (SSSR count). The van der Waals surface area contributed by atoms with Crippen LogP contribution in [0, 0.1) is 5.92 Å². The van der Waals surface area contributed by atoms with Gasteiger partial charge < -0.3 is 4.74 Å². The van der Waals surface area contributed by atoms with E-state index >= 15 is 0 Å². The van der Waals surface area contributed by atoms with Gasteiger partial charge in [0.1, 0.15) is 10.6 Å². The third kappa shape index (κ3) is 3.67. The second kappa shape index (κ2) is 7.26. The molecule has 8 nitrogen and oxygen atoms in total. The minimum atomic E-state index is -4.19. The lowest BCUT2D eigenvalue weighted by Gasteiger charge is -2.18. The van der Waals surface area contributed by atoms with Gasteiger partial charge in [0.2, 0.25) is 15.9 Å². The molecule has 1 N–H and O–H groups in total. The van der Waals surface area contributed by atoms with E-state index in [0.717, 1.165) is 6.07 Å². The maximum absolute atomic E-state index is 12.9. The number of ether oxygens (including phenoxy) is 1. The summed E-state index contributed by atoms with van der Waals surface area (Å²) in [4.78, 5) is 12.0. The van der Waals surface area contributed by atoms with Crippen molar-refractivity contribution in [2.24, 2.45) is 5.92 Å². The molecule has 1 atom stereocenters. The average molecular weight is 445 g/mol. The van der Waals surface area contributed by atoms with Crippen LogP contribution in [0.25, 0.3) is 0 Å². The molecule has 28 heavy (non-hydrogen) atoms. The summed E-state index contributed by atoms with van der Waals surface area (Å²) in [6.07, 6.45) is 0. The molecule has 11 heteroatoms. The van der Waals surface area contributed by atoms with Gasteiger partial charge in [0, 0.05) is 0 Å².